The van der Waals surface area contributed by atoms with E-state index >= 15 is 0 Å². The SMILES string of the molecule is C[C@@H](O)[C@@H](C(N)=O)N1CC2(CCCN2C(=O)O)C1=O. The van der Waals surface area contributed by atoms with Gasteiger partial charge in [0, 0.05) is 6.54 Å². The van der Waals surface area contributed by atoms with E-state index in [0.717, 1.165) is 9.80 Å². The van der Waals surface area contributed by atoms with Gasteiger partial charge in [-0.15, -0.1) is 0 Å². The van der Waals surface area contributed by atoms with Crippen molar-refractivity contribution in [3.05, 3.63) is 0 Å². The number of hydrogen-bond donors (Lipinski definition) is 3. The van der Waals surface area contributed by atoms with Crippen LogP contribution in [0.4, 0.5) is 4.79 Å². The number of hydrogen-bond acceptors (Lipinski definition) is 4. The molecule has 2 heterocycles. The van der Waals surface area contributed by atoms with Crippen LogP contribution in [0, 0.1) is 0 Å². The number of aliphatic hydroxyl groups excluding tert-OH is 1. The Labute approximate surface area is 109 Å². The molecule has 0 bridgehead atoms. The molecule has 2 aliphatic rings. The average molecular weight is 271 g/mol. The smallest absolute Gasteiger partial charge is 0.408 e. The number of likely N-dealkylation sites (tertiary alicyclic amines) is 2. The van der Waals surface area contributed by atoms with Crippen molar-refractivity contribution in [2.24, 2.45) is 5.73 Å². The van der Waals surface area contributed by atoms with E-state index in [9.17, 15) is 19.5 Å². The molecule has 0 radical (unpaired) electrons. The minimum absolute atomic E-state index is 0.108. The lowest BCUT2D eigenvalue weighted by Crippen LogP contribution is -2.76. The molecule has 2 saturated heterocycles. The van der Waals surface area contributed by atoms with E-state index < -0.39 is 35.6 Å². The molecule has 0 saturated carbocycles. The maximum absolute atomic E-state index is 12.3. The molecule has 2 aliphatic heterocycles. The summed E-state index contributed by atoms with van der Waals surface area (Å²) in [6.07, 6.45) is -1.17. The highest BCUT2D eigenvalue weighted by atomic mass is 16.4. The highest BCUT2D eigenvalue weighted by molar-refractivity contribution is 5.99. The summed E-state index contributed by atoms with van der Waals surface area (Å²) < 4.78 is 0. The summed E-state index contributed by atoms with van der Waals surface area (Å²) in [7, 11) is 0. The van der Waals surface area contributed by atoms with E-state index in [2.05, 4.69) is 0 Å². The van der Waals surface area contributed by atoms with Crippen molar-refractivity contribution in [2.75, 3.05) is 13.1 Å². The Morgan fingerprint density at radius 2 is 2.11 bits per heavy atom. The van der Waals surface area contributed by atoms with E-state index in [1.165, 1.54) is 6.92 Å². The number of carbonyl (C=O) groups excluding carboxylic acids is 2. The van der Waals surface area contributed by atoms with Gasteiger partial charge in [-0.25, -0.2) is 4.79 Å². The first kappa shape index (κ1) is 13.6. The monoisotopic (exact) mass is 271 g/mol. The second-order valence-corrected chi connectivity index (χ2v) is 5.09. The summed E-state index contributed by atoms with van der Waals surface area (Å²) >= 11 is 0. The van der Waals surface area contributed by atoms with Crippen LogP contribution < -0.4 is 5.73 Å². The average Bonchev–Trinajstić information content (AvgIpc) is 2.74. The third-order valence-corrected chi connectivity index (χ3v) is 3.89. The van der Waals surface area contributed by atoms with E-state index in [-0.39, 0.29) is 6.54 Å². The van der Waals surface area contributed by atoms with Crippen LogP contribution in [-0.4, -0.2) is 68.7 Å². The molecule has 2 fully saturated rings. The third-order valence-electron chi connectivity index (χ3n) is 3.89. The van der Waals surface area contributed by atoms with E-state index in [1.807, 2.05) is 0 Å². The first-order valence-electron chi connectivity index (χ1n) is 6.10. The molecule has 3 amide bonds. The fourth-order valence-corrected chi connectivity index (χ4v) is 3.02. The van der Waals surface area contributed by atoms with Gasteiger partial charge in [0.25, 0.3) is 5.91 Å². The van der Waals surface area contributed by atoms with Crippen molar-refractivity contribution < 1.29 is 24.6 Å². The van der Waals surface area contributed by atoms with E-state index in [4.69, 9.17) is 10.8 Å². The number of amides is 3. The highest BCUT2D eigenvalue weighted by Gasteiger charge is 2.62. The molecule has 0 aliphatic carbocycles. The zero-order valence-corrected chi connectivity index (χ0v) is 10.6. The zero-order chi connectivity index (χ0) is 14.4. The molecule has 8 heteroatoms. The minimum atomic E-state index is -1.14. The number of nitrogens with two attached hydrogens (primary N) is 1. The van der Waals surface area contributed by atoms with Gasteiger partial charge in [0.2, 0.25) is 5.91 Å². The van der Waals surface area contributed by atoms with Gasteiger partial charge in [0.05, 0.1) is 12.6 Å². The molecule has 19 heavy (non-hydrogen) atoms. The molecule has 0 aromatic carbocycles. The fraction of sp³-hybridized carbons (Fsp3) is 0.727. The molecule has 106 valence electrons. The Morgan fingerprint density at radius 3 is 2.53 bits per heavy atom. The van der Waals surface area contributed by atoms with Gasteiger partial charge >= 0.3 is 6.09 Å². The summed E-state index contributed by atoms with van der Waals surface area (Å²) in [6, 6.07) is -1.10. The number of carbonyl (C=O) groups is 3. The number of carboxylic acid groups (broad SMARTS) is 1. The van der Waals surface area contributed by atoms with E-state index in [0.29, 0.717) is 19.4 Å². The predicted octanol–water partition coefficient (Wildman–Crippen LogP) is -1.42. The summed E-state index contributed by atoms with van der Waals surface area (Å²) in [5.41, 5.74) is 4.11. The van der Waals surface area contributed by atoms with Crippen LogP contribution in [0.3, 0.4) is 0 Å². The normalized spacial score (nSPS) is 29.3. The minimum Gasteiger partial charge on any atom is -0.465 e. The summed E-state index contributed by atoms with van der Waals surface area (Å²) in [4.78, 5) is 36.9. The standard InChI is InChI=1S/C11H17N3O5/c1-6(15)7(8(12)16)13-5-11(9(13)17)3-2-4-14(11)10(18)19/h6-7,15H,2-5H2,1H3,(H2,12,16)(H,18,19)/t6-,7+,11?/m1/s1. The van der Waals surface area contributed by atoms with Crippen LogP contribution in [-0.2, 0) is 9.59 Å². The maximum atomic E-state index is 12.3. The van der Waals surface area contributed by atoms with Crippen molar-refractivity contribution >= 4 is 17.9 Å². The molecule has 0 aromatic heterocycles. The second-order valence-electron chi connectivity index (χ2n) is 5.09. The first-order valence-corrected chi connectivity index (χ1v) is 6.10. The Morgan fingerprint density at radius 1 is 1.47 bits per heavy atom. The number of nitrogens with zero attached hydrogens (tertiary/aromatic N) is 2. The van der Waals surface area contributed by atoms with E-state index in [1.54, 1.807) is 0 Å². The van der Waals surface area contributed by atoms with Gasteiger partial charge < -0.3 is 20.8 Å². The van der Waals surface area contributed by atoms with Crippen molar-refractivity contribution in [3.63, 3.8) is 0 Å². The molecule has 1 unspecified atom stereocenters. The number of primary amides is 1. The van der Waals surface area contributed by atoms with Crippen molar-refractivity contribution in [1.29, 1.82) is 0 Å². The Balaban J connectivity index is 2.19. The van der Waals surface area contributed by atoms with Gasteiger partial charge in [-0.2, -0.15) is 0 Å². The lowest BCUT2D eigenvalue weighted by Gasteiger charge is -2.52. The summed E-state index contributed by atoms with van der Waals surface area (Å²) in [5, 5.41) is 18.6. The van der Waals surface area contributed by atoms with Crippen molar-refractivity contribution in [3.8, 4) is 0 Å². The topological polar surface area (TPSA) is 124 Å². The number of aliphatic hydroxyl groups is 1. The lowest BCUT2D eigenvalue weighted by atomic mass is 9.83. The van der Waals surface area contributed by atoms with Gasteiger partial charge in [-0.1, -0.05) is 0 Å². The van der Waals surface area contributed by atoms with Crippen LogP contribution in [0.2, 0.25) is 0 Å². The Hall–Kier alpha value is -1.83. The first-order chi connectivity index (χ1) is 8.81. The molecule has 4 N–H and O–H groups in total. The van der Waals surface area contributed by atoms with Crippen LogP contribution in [0.1, 0.15) is 19.8 Å². The summed E-state index contributed by atoms with van der Waals surface area (Å²) in [5.74, 6) is -1.24. The largest absolute Gasteiger partial charge is 0.465 e. The molecule has 8 nitrogen and oxygen atoms in total. The Bertz CT molecular complexity index is 438. The van der Waals surface area contributed by atoms with Gasteiger partial charge in [-0.05, 0) is 19.8 Å². The van der Waals surface area contributed by atoms with Gasteiger partial charge in [0.1, 0.15) is 11.6 Å². The highest BCUT2D eigenvalue weighted by Crippen LogP contribution is 2.40. The predicted molar refractivity (Wildman–Crippen MR) is 63.1 cm³/mol. The third kappa shape index (κ3) is 1.83. The number of rotatable bonds is 3. The molecular weight excluding hydrogens is 254 g/mol. The second kappa shape index (κ2) is 4.37. The van der Waals surface area contributed by atoms with Crippen LogP contribution in [0.25, 0.3) is 0 Å². The van der Waals surface area contributed by atoms with Gasteiger partial charge in [-0.3, -0.25) is 14.5 Å². The van der Waals surface area contributed by atoms with Crippen molar-refractivity contribution in [2.45, 2.75) is 37.5 Å². The Kier molecular flexibility index (Phi) is 3.13. The molecular formula is C11H17N3O5. The lowest BCUT2D eigenvalue weighted by molar-refractivity contribution is -0.170. The maximum Gasteiger partial charge on any atom is 0.408 e. The van der Waals surface area contributed by atoms with Crippen molar-refractivity contribution in [1.82, 2.24) is 9.80 Å². The zero-order valence-electron chi connectivity index (χ0n) is 10.6. The van der Waals surface area contributed by atoms with Gasteiger partial charge in [0.15, 0.2) is 0 Å². The quantitative estimate of drug-likeness (QED) is 0.543. The molecule has 1 spiro atoms. The fourth-order valence-electron chi connectivity index (χ4n) is 3.02. The van der Waals surface area contributed by atoms with Crippen LogP contribution in [0.5, 0.6) is 0 Å². The number of β-lactam (4-membered cyclic amide) rings is 1. The molecule has 0 aromatic rings. The van der Waals surface area contributed by atoms with Crippen LogP contribution >= 0.6 is 0 Å². The summed E-state index contributed by atoms with van der Waals surface area (Å²) in [6.45, 7) is 1.79. The molecule has 3 atom stereocenters. The molecule has 2 rings (SSSR count). The van der Waals surface area contributed by atoms with Crippen LogP contribution in [0.15, 0.2) is 0 Å².